The van der Waals surface area contributed by atoms with Crippen molar-refractivity contribution in [1.82, 2.24) is 0 Å². The number of rotatable bonds is 9. The molecular weight excluding hydrogens is 480 g/mol. The zero-order chi connectivity index (χ0) is 26.3. The van der Waals surface area contributed by atoms with Gasteiger partial charge in [0.05, 0.1) is 25.9 Å². The van der Waals surface area contributed by atoms with Crippen LogP contribution >= 0.6 is 0 Å². The summed E-state index contributed by atoms with van der Waals surface area (Å²) in [5.74, 6) is 0.360. The molecule has 6 nitrogen and oxygen atoms in total. The summed E-state index contributed by atoms with van der Waals surface area (Å²) in [6, 6.07) is 28.7. The Morgan fingerprint density at radius 1 is 0.947 bits per heavy atom. The Labute approximate surface area is 222 Å². The van der Waals surface area contributed by atoms with Gasteiger partial charge in [-0.1, -0.05) is 54.6 Å². The van der Waals surface area contributed by atoms with Crippen molar-refractivity contribution < 1.29 is 28.8 Å². The van der Waals surface area contributed by atoms with Crippen LogP contribution in [0.2, 0.25) is 0 Å². The highest BCUT2D eigenvalue weighted by molar-refractivity contribution is 5.98. The fourth-order valence-electron chi connectivity index (χ4n) is 4.81. The Bertz CT molecular complexity index is 1380. The lowest BCUT2D eigenvalue weighted by Gasteiger charge is -2.27. The Balaban J connectivity index is 1.36. The van der Waals surface area contributed by atoms with Gasteiger partial charge >= 0.3 is 5.97 Å². The van der Waals surface area contributed by atoms with Gasteiger partial charge in [0.25, 0.3) is 0 Å². The molecule has 0 amide bonds. The molecule has 1 fully saturated rings. The zero-order valence-electron chi connectivity index (χ0n) is 21.5. The zero-order valence-corrected chi connectivity index (χ0v) is 21.5. The van der Waals surface area contributed by atoms with Crippen LogP contribution in [0.15, 0.2) is 84.9 Å². The number of hydrogen-bond acceptors (Lipinski definition) is 6. The predicted molar refractivity (Wildman–Crippen MR) is 146 cm³/mol. The minimum absolute atomic E-state index is 0.0874. The maximum absolute atomic E-state index is 11.5. The highest BCUT2D eigenvalue weighted by Crippen LogP contribution is 2.33. The number of esters is 1. The van der Waals surface area contributed by atoms with E-state index in [1.54, 1.807) is 0 Å². The third-order valence-electron chi connectivity index (χ3n) is 6.77. The van der Waals surface area contributed by atoms with Gasteiger partial charge in [0, 0.05) is 13.0 Å². The Morgan fingerprint density at radius 3 is 2.63 bits per heavy atom. The molecule has 196 valence electrons. The average Bonchev–Trinajstić information content (AvgIpc) is 2.96. The van der Waals surface area contributed by atoms with E-state index in [2.05, 4.69) is 41.1 Å². The average molecular weight is 513 g/mol. The van der Waals surface area contributed by atoms with Crippen molar-refractivity contribution in [2.75, 3.05) is 20.3 Å². The highest BCUT2D eigenvalue weighted by atomic mass is 16.6. The normalized spacial score (nSPS) is 17.3. The van der Waals surface area contributed by atoms with Crippen LogP contribution < -0.4 is 4.74 Å². The predicted octanol–water partition coefficient (Wildman–Crippen LogP) is 5.99. The van der Waals surface area contributed by atoms with Crippen molar-refractivity contribution in [2.24, 2.45) is 0 Å². The minimum Gasteiger partial charge on any atom is -0.489 e. The third kappa shape index (κ3) is 6.40. The van der Waals surface area contributed by atoms with E-state index in [1.165, 1.54) is 7.11 Å². The van der Waals surface area contributed by atoms with Crippen LogP contribution in [-0.2, 0) is 32.2 Å². The molecule has 4 aromatic carbocycles. The molecule has 0 aromatic heterocycles. The topological polar surface area (TPSA) is 74.2 Å². The van der Waals surface area contributed by atoms with Gasteiger partial charge in [-0.2, -0.15) is 0 Å². The Morgan fingerprint density at radius 2 is 1.82 bits per heavy atom. The van der Waals surface area contributed by atoms with Crippen LogP contribution in [0.4, 0.5) is 0 Å². The summed E-state index contributed by atoms with van der Waals surface area (Å²) in [7, 11) is 1.35. The van der Waals surface area contributed by atoms with Crippen molar-refractivity contribution in [3.05, 3.63) is 102 Å². The number of fused-ring (bicyclic) bond motifs is 1. The molecule has 2 atom stereocenters. The van der Waals surface area contributed by atoms with Crippen LogP contribution in [-0.4, -0.2) is 37.5 Å². The molecule has 1 saturated heterocycles. The number of carbonyl (C=O) groups excluding carboxylic acids is 1. The fraction of sp³-hybridized carbons (Fsp3) is 0.281. The van der Waals surface area contributed by atoms with Crippen molar-refractivity contribution in [2.45, 2.75) is 38.3 Å². The molecule has 1 heterocycles. The second kappa shape index (κ2) is 12.2. The lowest BCUT2D eigenvalue weighted by atomic mass is 9.95. The molecule has 1 N–H and O–H groups in total. The first-order chi connectivity index (χ1) is 18.6. The van der Waals surface area contributed by atoms with Crippen LogP contribution in [0.5, 0.6) is 5.75 Å². The van der Waals surface area contributed by atoms with E-state index in [0.717, 1.165) is 44.3 Å². The van der Waals surface area contributed by atoms with E-state index >= 15 is 0 Å². The summed E-state index contributed by atoms with van der Waals surface area (Å²) < 4.78 is 22.3. The maximum Gasteiger partial charge on any atom is 0.331 e. The third-order valence-corrected chi connectivity index (χ3v) is 6.77. The number of carbonyl (C=O) groups is 1. The number of methoxy groups -OCH3 is 1. The van der Waals surface area contributed by atoms with E-state index in [4.69, 9.17) is 14.2 Å². The second-order valence-corrected chi connectivity index (χ2v) is 9.53. The molecule has 6 heteroatoms. The number of aliphatic hydroxyl groups excluding tert-OH is 1. The lowest BCUT2D eigenvalue weighted by molar-refractivity contribution is -0.146. The molecule has 1 aliphatic heterocycles. The molecule has 38 heavy (non-hydrogen) atoms. The quantitative estimate of drug-likeness (QED) is 0.278. The van der Waals surface area contributed by atoms with Crippen LogP contribution in [0, 0.1) is 0 Å². The first kappa shape index (κ1) is 25.9. The molecule has 0 bridgehead atoms. The van der Waals surface area contributed by atoms with Gasteiger partial charge in [-0.15, -0.1) is 0 Å². The van der Waals surface area contributed by atoms with Crippen molar-refractivity contribution in [3.63, 3.8) is 0 Å². The summed E-state index contributed by atoms with van der Waals surface area (Å²) in [5.41, 5.74) is 5.26. The monoisotopic (exact) mass is 512 g/mol. The molecule has 5 rings (SSSR count). The number of benzene rings is 4. The first-order valence-corrected chi connectivity index (χ1v) is 12.9. The van der Waals surface area contributed by atoms with Crippen molar-refractivity contribution in [1.29, 1.82) is 0 Å². The van der Waals surface area contributed by atoms with Gasteiger partial charge < -0.3 is 24.1 Å². The van der Waals surface area contributed by atoms with Gasteiger partial charge in [-0.25, -0.2) is 4.79 Å². The van der Waals surface area contributed by atoms with E-state index < -0.39 is 5.97 Å². The van der Waals surface area contributed by atoms with Crippen LogP contribution in [0.3, 0.4) is 0 Å². The summed E-state index contributed by atoms with van der Waals surface area (Å²) in [6.45, 7) is 1.19. The van der Waals surface area contributed by atoms with Gasteiger partial charge in [0.1, 0.15) is 19.0 Å². The van der Waals surface area contributed by atoms with Gasteiger partial charge in [-0.3, -0.25) is 0 Å². The minimum atomic E-state index is -0.403. The van der Waals surface area contributed by atoms with Crippen molar-refractivity contribution >= 4 is 16.7 Å². The number of ether oxygens (including phenoxy) is 4. The molecule has 4 aromatic rings. The van der Waals surface area contributed by atoms with E-state index in [-0.39, 0.29) is 18.8 Å². The summed E-state index contributed by atoms with van der Waals surface area (Å²) in [4.78, 5) is 11.5. The van der Waals surface area contributed by atoms with E-state index in [0.29, 0.717) is 32.7 Å². The molecule has 0 radical (unpaired) electrons. The molecule has 0 aliphatic carbocycles. The first-order valence-electron chi connectivity index (χ1n) is 12.9. The number of hydrogen-bond donors (Lipinski definition) is 1. The fourth-order valence-corrected chi connectivity index (χ4v) is 4.81. The van der Waals surface area contributed by atoms with Crippen LogP contribution in [0.25, 0.3) is 21.9 Å². The standard InChI is InChI=1S/C32H32O6/c1-35-32(34)21-36-19-23-15-26-17-28(10-11-29(26)30(16-23)24-7-3-2-4-8-24)38-20-22-6-5-9-25(14-22)31-18-27(33)12-13-37-31/h2-11,14-17,27,31,33H,12-13,18-21H2,1H3. The maximum atomic E-state index is 11.5. The van der Waals surface area contributed by atoms with Gasteiger partial charge in [0.15, 0.2) is 0 Å². The lowest BCUT2D eigenvalue weighted by Crippen LogP contribution is -2.23. The number of aliphatic hydroxyl groups is 1. The highest BCUT2D eigenvalue weighted by Gasteiger charge is 2.22. The summed E-state index contributed by atoms with van der Waals surface area (Å²) >= 11 is 0. The molecule has 2 unspecified atom stereocenters. The molecule has 1 aliphatic rings. The smallest absolute Gasteiger partial charge is 0.331 e. The summed E-state index contributed by atoms with van der Waals surface area (Å²) in [5, 5.41) is 12.1. The SMILES string of the molecule is COC(=O)COCc1cc(-c2ccccc2)c2ccc(OCc3cccc(C4CC(O)CCO4)c3)cc2c1. The Hall–Kier alpha value is -3.71. The Kier molecular flexibility index (Phi) is 8.34. The van der Waals surface area contributed by atoms with Crippen LogP contribution in [0.1, 0.15) is 35.6 Å². The van der Waals surface area contributed by atoms with E-state index in [9.17, 15) is 9.90 Å². The molecule has 0 saturated carbocycles. The molecule has 0 spiro atoms. The summed E-state index contributed by atoms with van der Waals surface area (Å²) in [6.07, 6.45) is 0.898. The second-order valence-electron chi connectivity index (χ2n) is 9.53. The van der Waals surface area contributed by atoms with Crippen molar-refractivity contribution in [3.8, 4) is 16.9 Å². The van der Waals surface area contributed by atoms with Gasteiger partial charge in [-0.05, 0) is 75.3 Å². The van der Waals surface area contributed by atoms with Gasteiger partial charge in [0.2, 0.25) is 0 Å². The molecular formula is C32H32O6. The largest absolute Gasteiger partial charge is 0.489 e. The van der Waals surface area contributed by atoms with E-state index in [1.807, 2.05) is 48.5 Å².